The summed E-state index contributed by atoms with van der Waals surface area (Å²) in [7, 11) is 2.00. The SMILES string of the molecule is CNCCC1CCN(C(=O)COC2CCCC2)CC1.Cl. The summed E-state index contributed by atoms with van der Waals surface area (Å²) >= 11 is 0. The molecule has 1 N–H and O–H groups in total. The van der Waals surface area contributed by atoms with E-state index in [0.29, 0.717) is 12.7 Å². The van der Waals surface area contributed by atoms with Crippen molar-refractivity contribution in [1.29, 1.82) is 0 Å². The lowest BCUT2D eigenvalue weighted by molar-refractivity contribution is -0.139. The van der Waals surface area contributed by atoms with Gasteiger partial charge in [0.2, 0.25) is 5.91 Å². The third-order valence-electron chi connectivity index (χ3n) is 4.51. The van der Waals surface area contributed by atoms with Crippen molar-refractivity contribution in [2.75, 3.05) is 33.3 Å². The van der Waals surface area contributed by atoms with Gasteiger partial charge in [0.1, 0.15) is 6.61 Å². The Balaban J connectivity index is 0.00000200. The number of nitrogens with zero attached hydrogens (tertiary/aromatic N) is 1. The maximum atomic E-state index is 12.1. The van der Waals surface area contributed by atoms with Gasteiger partial charge in [0, 0.05) is 13.1 Å². The minimum absolute atomic E-state index is 0. The standard InChI is InChI=1S/C15H28N2O2.ClH/c1-16-9-6-13-7-10-17(11-8-13)15(18)12-19-14-4-2-3-5-14;/h13-14,16H,2-12H2,1H3;1H. The number of piperidine rings is 1. The minimum Gasteiger partial charge on any atom is -0.368 e. The largest absolute Gasteiger partial charge is 0.368 e. The van der Waals surface area contributed by atoms with Crippen LogP contribution in [-0.2, 0) is 9.53 Å². The summed E-state index contributed by atoms with van der Waals surface area (Å²) in [6.45, 7) is 3.22. The normalized spacial score (nSPS) is 20.9. The molecule has 1 saturated heterocycles. The Morgan fingerprint density at radius 1 is 1.20 bits per heavy atom. The van der Waals surface area contributed by atoms with Crippen LogP contribution in [0.5, 0.6) is 0 Å². The summed E-state index contributed by atoms with van der Waals surface area (Å²) in [4.78, 5) is 14.1. The highest BCUT2D eigenvalue weighted by Crippen LogP contribution is 2.22. The van der Waals surface area contributed by atoms with Crippen LogP contribution in [0.25, 0.3) is 0 Å². The fraction of sp³-hybridized carbons (Fsp3) is 0.933. The monoisotopic (exact) mass is 304 g/mol. The van der Waals surface area contributed by atoms with Gasteiger partial charge in [0.05, 0.1) is 6.10 Å². The molecule has 0 aromatic carbocycles. The van der Waals surface area contributed by atoms with E-state index in [4.69, 9.17) is 4.74 Å². The van der Waals surface area contributed by atoms with Gasteiger partial charge in [0.15, 0.2) is 0 Å². The van der Waals surface area contributed by atoms with Crippen LogP contribution in [0.15, 0.2) is 0 Å². The van der Waals surface area contributed by atoms with Gasteiger partial charge in [-0.1, -0.05) is 12.8 Å². The molecule has 0 aromatic heterocycles. The molecule has 0 aromatic rings. The fourth-order valence-electron chi connectivity index (χ4n) is 3.15. The van der Waals surface area contributed by atoms with Gasteiger partial charge in [-0.3, -0.25) is 4.79 Å². The lowest BCUT2D eigenvalue weighted by atomic mass is 9.93. The highest BCUT2D eigenvalue weighted by Gasteiger charge is 2.23. The van der Waals surface area contributed by atoms with Crippen molar-refractivity contribution < 1.29 is 9.53 Å². The van der Waals surface area contributed by atoms with Crippen molar-refractivity contribution in [3.05, 3.63) is 0 Å². The second kappa shape index (κ2) is 9.59. The van der Waals surface area contributed by atoms with Crippen molar-refractivity contribution in [2.24, 2.45) is 5.92 Å². The molecule has 0 atom stereocenters. The number of ether oxygens (including phenoxy) is 1. The fourth-order valence-corrected chi connectivity index (χ4v) is 3.15. The van der Waals surface area contributed by atoms with Crippen LogP contribution >= 0.6 is 12.4 Å². The maximum Gasteiger partial charge on any atom is 0.248 e. The zero-order chi connectivity index (χ0) is 13.5. The highest BCUT2D eigenvalue weighted by molar-refractivity contribution is 5.85. The van der Waals surface area contributed by atoms with Crippen molar-refractivity contribution in [3.63, 3.8) is 0 Å². The first-order valence-electron chi connectivity index (χ1n) is 7.83. The molecule has 1 amide bonds. The number of hydrogen-bond acceptors (Lipinski definition) is 3. The Kier molecular flexibility index (Phi) is 8.50. The summed E-state index contributed by atoms with van der Waals surface area (Å²) < 4.78 is 5.71. The van der Waals surface area contributed by atoms with Crippen LogP contribution < -0.4 is 5.32 Å². The van der Waals surface area contributed by atoms with Gasteiger partial charge in [0.25, 0.3) is 0 Å². The first-order chi connectivity index (χ1) is 9.29. The van der Waals surface area contributed by atoms with Gasteiger partial charge in [-0.2, -0.15) is 0 Å². The molecule has 4 nitrogen and oxygen atoms in total. The average molecular weight is 305 g/mol. The summed E-state index contributed by atoms with van der Waals surface area (Å²) in [6.07, 6.45) is 8.67. The number of hydrogen-bond donors (Lipinski definition) is 1. The van der Waals surface area contributed by atoms with Crippen molar-refractivity contribution >= 4 is 18.3 Å². The molecular formula is C15H29ClN2O2. The third kappa shape index (κ3) is 5.58. The van der Waals surface area contributed by atoms with E-state index in [0.717, 1.165) is 51.2 Å². The number of amides is 1. The molecule has 1 aliphatic heterocycles. The molecule has 0 bridgehead atoms. The number of halogens is 1. The zero-order valence-corrected chi connectivity index (χ0v) is 13.4. The smallest absolute Gasteiger partial charge is 0.248 e. The minimum atomic E-state index is 0. The third-order valence-corrected chi connectivity index (χ3v) is 4.51. The molecule has 118 valence electrons. The average Bonchev–Trinajstić information content (AvgIpc) is 2.96. The molecule has 1 heterocycles. The Bertz CT molecular complexity index is 275. The number of carbonyl (C=O) groups excluding carboxylic acids is 1. The van der Waals surface area contributed by atoms with E-state index in [2.05, 4.69) is 5.32 Å². The molecule has 2 fully saturated rings. The van der Waals surface area contributed by atoms with Crippen LogP contribution in [-0.4, -0.2) is 50.2 Å². The van der Waals surface area contributed by atoms with Crippen LogP contribution in [0.2, 0.25) is 0 Å². The van der Waals surface area contributed by atoms with E-state index in [1.165, 1.54) is 19.3 Å². The number of carbonyl (C=O) groups is 1. The van der Waals surface area contributed by atoms with Crippen LogP contribution in [0.3, 0.4) is 0 Å². The second-order valence-electron chi connectivity index (χ2n) is 5.93. The van der Waals surface area contributed by atoms with Crippen molar-refractivity contribution in [2.45, 2.75) is 51.0 Å². The molecular weight excluding hydrogens is 276 g/mol. The molecule has 0 unspecified atom stereocenters. The number of likely N-dealkylation sites (tertiary alicyclic amines) is 1. The summed E-state index contributed by atoms with van der Waals surface area (Å²) in [5.41, 5.74) is 0. The predicted octanol–water partition coefficient (Wildman–Crippen LogP) is 2.22. The van der Waals surface area contributed by atoms with E-state index in [1.807, 2.05) is 11.9 Å². The van der Waals surface area contributed by atoms with Gasteiger partial charge in [-0.15, -0.1) is 12.4 Å². The van der Waals surface area contributed by atoms with E-state index in [-0.39, 0.29) is 18.3 Å². The topological polar surface area (TPSA) is 41.6 Å². The van der Waals surface area contributed by atoms with E-state index >= 15 is 0 Å². The Morgan fingerprint density at radius 3 is 2.45 bits per heavy atom. The number of rotatable bonds is 6. The lowest BCUT2D eigenvalue weighted by Gasteiger charge is -2.32. The first-order valence-corrected chi connectivity index (χ1v) is 7.83. The van der Waals surface area contributed by atoms with E-state index < -0.39 is 0 Å². The molecule has 2 rings (SSSR count). The molecule has 0 spiro atoms. The number of nitrogens with one attached hydrogen (secondary N) is 1. The molecule has 0 radical (unpaired) electrons. The Morgan fingerprint density at radius 2 is 1.85 bits per heavy atom. The van der Waals surface area contributed by atoms with Gasteiger partial charge < -0.3 is 15.0 Å². The van der Waals surface area contributed by atoms with Gasteiger partial charge in [-0.05, 0) is 51.6 Å². The van der Waals surface area contributed by atoms with Crippen molar-refractivity contribution in [1.82, 2.24) is 10.2 Å². The van der Waals surface area contributed by atoms with Crippen LogP contribution in [0.4, 0.5) is 0 Å². The Hall–Kier alpha value is -0.320. The highest BCUT2D eigenvalue weighted by atomic mass is 35.5. The molecule has 2 aliphatic rings. The van der Waals surface area contributed by atoms with Crippen LogP contribution in [0, 0.1) is 5.92 Å². The summed E-state index contributed by atoms with van der Waals surface area (Å²) in [6, 6.07) is 0. The molecule has 1 aliphatic carbocycles. The molecule has 1 saturated carbocycles. The van der Waals surface area contributed by atoms with Crippen LogP contribution in [0.1, 0.15) is 44.9 Å². The van der Waals surface area contributed by atoms with Gasteiger partial charge in [-0.25, -0.2) is 0 Å². The maximum absolute atomic E-state index is 12.1. The van der Waals surface area contributed by atoms with Gasteiger partial charge >= 0.3 is 0 Å². The summed E-state index contributed by atoms with van der Waals surface area (Å²) in [5, 5.41) is 3.20. The first kappa shape index (κ1) is 17.7. The van der Waals surface area contributed by atoms with E-state index in [1.54, 1.807) is 0 Å². The zero-order valence-electron chi connectivity index (χ0n) is 12.6. The summed E-state index contributed by atoms with van der Waals surface area (Å²) in [5.74, 6) is 0.978. The lowest BCUT2D eigenvalue weighted by Crippen LogP contribution is -2.41. The van der Waals surface area contributed by atoms with Crippen molar-refractivity contribution in [3.8, 4) is 0 Å². The second-order valence-corrected chi connectivity index (χ2v) is 5.93. The molecule has 20 heavy (non-hydrogen) atoms. The Labute approximate surface area is 129 Å². The quantitative estimate of drug-likeness (QED) is 0.818. The molecule has 5 heteroatoms. The predicted molar refractivity (Wildman–Crippen MR) is 83.3 cm³/mol. The van der Waals surface area contributed by atoms with E-state index in [9.17, 15) is 4.79 Å².